The van der Waals surface area contributed by atoms with Crippen molar-refractivity contribution in [3.05, 3.63) is 41.3 Å². The van der Waals surface area contributed by atoms with Gasteiger partial charge in [0.1, 0.15) is 5.82 Å². The normalized spacial score (nSPS) is 15.1. The average molecular weight is 274 g/mol. The Morgan fingerprint density at radius 3 is 3.00 bits per heavy atom. The SMILES string of the molecule is NC(=O)CN1CCc2[nH]nc(-c3ccccc3F)c2C1. The monoisotopic (exact) mass is 274 g/mol. The highest BCUT2D eigenvalue weighted by Crippen LogP contribution is 2.29. The van der Waals surface area contributed by atoms with Crippen molar-refractivity contribution in [3.8, 4) is 11.3 Å². The van der Waals surface area contributed by atoms with Gasteiger partial charge < -0.3 is 5.73 Å². The highest BCUT2D eigenvalue weighted by Gasteiger charge is 2.24. The molecule has 1 aromatic carbocycles. The number of carbonyl (C=O) groups excluding carboxylic acids is 1. The number of halogens is 1. The van der Waals surface area contributed by atoms with Crippen LogP contribution in [-0.2, 0) is 17.8 Å². The molecule has 0 fully saturated rings. The van der Waals surface area contributed by atoms with Crippen molar-refractivity contribution >= 4 is 5.91 Å². The number of primary amides is 1. The van der Waals surface area contributed by atoms with E-state index < -0.39 is 0 Å². The van der Waals surface area contributed by atoms with E-state index in [-0.39, 0.29) is 18.3 Å². The predicted octanol–water partition coefficient (Wildman–Crippen LogP) is 1.06. The van der Waals surface area contributed by atoms with Crippen molar-refractivity contribution in [2.75, 3.05) is 13.1 Å². The number of nitrogens with zero attached hydrogens (tertiary/aromatic N) is 2. The molecule has 0 saturated heterocycles. The van der Waals surface area contributed by atoms with Gasteiger partial charge in [0.15, 0.2) is 0 Å². The molecule has 0 spiro atoms. The summed E-state index contributed by atoms with van der Waals surface area (Å²) in [7, 11) is 0. The standard InChI is InChI=1S/C14H15FN4O/c15-11-4-2-1-3-9(11)14-10-7-19(8-13(16)20)6-5-12(10)17-18-14/h1-4H,5-8H2,(H2,16,20)(H,17,18). The molecule has 0 aliphatic carbocycles. The summed E-state index contributed by atoms with van der Waals surface area (Å²) < 4.78 is 13.9. The number of aromatic amines is 1. The van der Waals surface area contributed by atoms with E-state index in [9.17, 15) is 9.18 Å². The molecule has 1 aliphatic heterocycles. The number of benzene rings is 1. The molecule has 2 aromatic rings. The third kappa shape index (κ3) is 2.30. The van der Waals surface area contributed by atoms with E-state index in [2.05, 4.69) is 10.2 Å². The molecule has 1 amide bonds. The molecule has 1 aromatic heterocycles. The number of hydrogen-bond donors (Lipinski definition) is 2. The van der Waals surface area contributed by atoms with Crippen LogP contribution >= 0.6 is 0 Å². The molecule has 2 heterocycles. The van der Waals surface area contributed by atoms with Crippen molar-refractivity contribution in [1.82, 2.24) is 15.1 Å². The van der Waals surface area contributed by atoms with Gasteiger partial charge in [-0.3, -0.25) is 14.8 Å². The van der Waals surface area contributed by atoms with Crippen LogP contribution in [0.4, 0.5) is 4.39 Å². The summed E-state index contributed by atoms with van der Waals surface area (Å²) in [6.45, 7) is 1.51. The highest BCUT2D eigenvalue weighted by molar-refractivity contribution is 5.76. The van der Waals surface area contributed by atoms with Crippen LogP contribution in [0.5, 0.6) is 0 Å². The number of carbonyl (C=O) groups is 1. The van der Waals surface area contributed by atoms with E-state index in [1.165, 1.54) is 6.07 Å². The van der Waals surface area contributed by atoms with Crippen molar-refractivity contribution < 1.29 is 9.18 Å². The van der Waals surface area contributed by atoms with E-state index in [0.717, 1.165) is 24.2 Å². The lowest BCUT2D eigenvalue weighted by Crippen LogP contribution is -2.37. The summed E-state index contributed by atoms with van der Waals surface area (Å²) in [6.07, 6.45) is 0.754. The molecule has 3 N–H and O–H groups in total. The molecule has 20 heavy (non-hydrogen) atoms. The second kappa shape index (κ2) is 5.05. The Hall–Kier alpha value is -2.21. The fraction of sp³-hybridized carbons (Fsp3) is 0.286. The molecule has 0 saturated carbocycles. The molecule has 0 atom stereocenters. The first-order valence-corrected chi connectivity index (χ1v) is 6.47. The van der Waals surface area contributed by atoms with Gasteiger partial charge in [-0.15, -0.1) is 0 Å². The van der Waals surface area contributed by atoms with Gasteiger partial charge in [-0.2, -0.15) is 5.10 Å². The van der Waals surface area contributed by atoms with Crippen LogP contribution in [0.25, 0.3) is 11.3 Å². The molecule has 0 bridgehead atoms. The third-order valence-electron chi connectivity index (χ3n) is 3.52. The molecule has 104 valence electrons. The molecular formula is C14H15FN4O. The van der Waals surface area contributed by atoms with Crippen LogP contribution in [0.1, 0.15) is 11.3 Å². The predicted molar refractivity (Wildman–Crippen MR) is 72.2 cm³/mol. The topological polar surface area (TPSA) is 75.0 Å². The van der Waals surface area contributed by atoms with E-state index in [1.807, 2.05) is 4.90 Å². The lowest BCUT2D eigenvalue weighted by Gasteiger charge is -2.25. The first kappa shape index (κ1) is 12.8. The molecule has 5 nitrogen and oxygen atoms in total. The number of H-pyrrole nitrogens is 1. The lowest BCUT2D eigenvalue weighted by molar-refractivity contribution is -0.119. The van der Waals surface area contributed by atoms with Gasteiger partial charge in [0, 0.05) is 36.3 Å². The minimum absolute atomic E-state index is 0.210. The van der Waals surface area contributed by atoms with Crippen LogP contribution in [0.15, 0.2) is 24.3 Å². The van der Waals surface area contributed by atoms with Crippen LogP contribution in [0.2, 0.25) is 0 Å². The van der Waals surface area contributed by atoms with Crippen molar-refractivity contribution in [3.63, 3.8) is 0 Å². The zero-order valence-corrected chi connectivity index (χ0v) is 10.9. The van der Waals surface area contributed by atoms with Crippen molar-refractivity contribution in [1.29, 1.82) is 0 Å². The minimum atomic E-state index is -0.357. The second-order valence-electron chi connectivity index (χ2n) is 4.94. The number of rotatable bonds is 3. The van der Waals surface area contributed by atoms with Gasteiger partial charge in [-0.25, -0.2) is 4.39 Å². The number of hydrogen-bond acceptors (Lipinski definition) is 3. The largest absolute Gasteiger partial charge is 0.369 e. The Kier molecular flexibility index (Phi) is 3.23. The number of fused-ring (bicyclic) bond motifs is 1. The minimum Gasteiger partial charge on any atom is -0.369 e. The summed E-state index contributed by atoms with van der Waals surface area (Å²) in [5, 5.41) is 7.20. The van der Waals surface area contributed by atoms with E-state index in [1.54, 1.807) is 18.2 Å². The number of aromatic nitrogens is 2. The van der Waals surface area contributed by atoms with E-state index in [0.29, 0.717) is 17.8 Å². The summed E-state index contributed by atoms with van der Waals surface area (Å²) in [5.74, 6) is -0.654. The van der Waals surface area contributed by atoms with Gasteiger partial charge in [0.05, 0.1) is 12.2 Å². The van der Waals surface area contributed by atoms with Gasteiger partial charge in [-0.05, 0) is 12.1 Å². The fourth-order valence-corrected chi connectivity index (χ4v) is 2.58. The third-order valence-corrected chi connectivity index (χ3v) is 3.52. The number of amides is 1. The van der Waals surface area contributed by atoms with Crippen molar-refractivity contribution in [2.45, 2.75) is 13.0 Å². The Balaban J connectivity index is 1.95. The molecule has 1 aliphatic rings. The Morgan fingerprint density at radius 2 is 2.25 bits per heavy atom. The molecule has 6 heteroatoms. The smallest absolute Gasteiger partial charge is 0.231 e. The van der Waals surface area contributed by atoms with Crippen molar-refractivity contribution in [2.24, 2.45) is 5.73 Å². The van der Waals surface area contributed by atoms with Gasteiger partial charge in [-0.1, -0.05) is 12.1 Å². The van der Waals surface area contributed by atoms with Crippen LogP contribution in [-0.4, -0.2) is 34.1 Å². The lowest BCUT2D eigenvalue weighted by atomic mass is 10.0. The average Bonchev–Trinajstić information content (AvgIpc) is 2.81. The molecular weight excluding hydrogens is 259 g/mol. The Bertz CT molecular complexity index is 652. The Morgan fingerprint density at radius 1 is 1.45 bits per heavy atom. The van der Waals surface area contributed by atoms with E-state index >= 15 is 0 Å². The highest BCUT2D eigenvalue weighted by atomic mass is 19.1. The Labute approximate surface area is 115 Å². The summed E-state index contributed by atoms with van der Waals surface area (Å²) in [5.41, 5.74) is 8.27. The fourth-order valence-electron chi connectivity index (χ4n) is 2.58. The summed E-state index contributed by atoms with van der Waals surface area (Å²) in [6, 6.07) is 6.56. The first-order valence-electron chi connectivity index (χ1n) is 6.47. The maximum atomic E-state index is 13.9. The zero-order valence-electron chi connectivity index (χ0n) is 10.9. The molecule has 0 unspecified atom stereocenters. The number of nitrogens with two attached hydrogens (primary N) is 1. The maximum absolute atomic E-state index is 13.9. The maximum Gasteiger partial charge on any atom is 0.231 e. The molecule has 3 rings (SSSR count). The van der Waals surface area contributed by atoms with Crippen LogP contribution in [0, 0.1) is 5.82 Å². The number of nitrogens with one attached hydrogen (secondary N) is 1. The van der Waals surface area contributed by atoms with Gasteiger partial charge >= 0.3 is 0 Å². The van der Waals surface area contributed by atoms with Gasteiger partial charge in [0.2, 0.25) is 5.91 Å². The second-order valence-corrected chi connectivity index (χ2v) is 4.94. The van der Waals surface area contributed by atoms with Crippen LogP contribution in [0.3, 0.4) is 0 Å². The summed E-state index contributed by atoms with van der Waals surface area (Å²) >= 11 is 0. The van der Waals surface area contributed by atoms with Crippen LogP contribution < -0.4 is 5.73 Å². The van der Waals surface area contributed by atoms with Gasteiger partial charge in [0.25, 0.3) is 0 Å². The quantitative estimate of drug-likeness (QED) is 0.878. The van der Waals surface area contributed by atoms with E-state index in [4.69, 9.17) is 5.73 Å². The summed E-state index contributed by atoms with van der Waals surface area (Å²) in [4.78, 5) is 13.0. The zero-order chi connectivity index (χ0) is 14.1. The molecule has 0 radical (unpaired) electrons. The first-order chi connectivity index (χ1) is 9.65.